The van der Waals surface area contributed by atoms with Crippen LogP contribution in [0, 0.1) is 0 Å². The minimum Gasteiger partial charge on any atom is -0.103 e. The summed E-state index contributed by atoms with van der Waals surface area (Å²) < 4.78 is 0. The molecule has 0 N–H and O–H groups in total. The van der Waals surface area contributed by atoms with Gasteiger partial charge in [-0.3, -0.25) is 0 Å². The summed E-state index contributed by atoms with van der Waals surface area (Å²) in [5.74, 6) is 0. The smallest absolute Gasteiger partial charge is 0.0398 e. The zero-order chi connectivity index (χ0) is 13.8. The molecule has 0 amide bonds. The summed E-state index contributed by atoms with van der Waals surface area (Å²) in [6, 6.07) is 0. The first-order valence-corrected chi connectivity index (χ1v) is 6.13. The highest BCUT2D eigenvalue weighted by atomic mass is 13.8. The van der Waals surface area contributed by atoms with Gasteiger partial charge in [0.1, 0.15) is 0 Å². The molecule has 0 aliphatic heterocycles. The van der Waals surface area contributed by atoms with Crippen LogP contribution in [0.4, 0.5) is 0 Å². The molecule has 0 unspecified atom stereocenters. The molecule has 0 aromatic carbocycles. The Balaban J connectivity index is -0.0000000752. The Labute approximate surface area is 104 Å². The summed E-state index contributed by atoms with van der Waals surface area (Å²) in [5.41, 5.74) is 1.24. The fourth-order valence-electron chi connectivity index (χ4n) is 0.504. The molecule has 0 aromatic heterocycles. The van der Waals surface area contributed by atoms with Crippen molar-refractivity contribution >= 4 is 0 Å². The van der Waals surface area contributed by atoms with Crippen LogP contribution >= 0.6 is 0 Å². The monoisotopic (exact) mass is 224 g/mol. The van der Waals surface area contributed by atoms with Crippen molar-refractivity contribution in [1.29, 1.82) is 0 Å². The Morgan fingerprint density at radius 2 is 1.38 bits per heavy atom. The lowest BCUT2D eigenvalue weighted by molar-refractivity contribution is 1.09. The van der Waals surface area contributed by atoms with Gasteiger partial charge in [-0.05, 0) is 20.8 Å². The van der Waals surface area contributed by atoms with Crippen LogP contribution in [-0.2, 0) is 0 Å². The van der Waals surface area contributed by atoms with Crippen LogP contribution in [-0.4, -0.2) is 0 Å². The van der Waals surface area contributed by atoms with E-state index in [2.05, 4.69) is 27.0 Å². The molecule has 0 radical (unpaired) electrons. The highest BCUT2D eigenvalue weighted by Gasteiger charge is 1.71. The Morgan fingerprint density at radius 1 is 1.06 bits per heavy atom. The van der Waals surface area contributed by atoms with E-state index in [1.165, 1.54) is 12.0 Å². The second-order valence-electron chi connectivity index (χ2n) is 2.76. The van der Waals surface area contributed by atoms with Crippen LogP contribution in [0.1, 0.15) is 54.9 Å². The SMILES string of the molecule is C=C/C=C(C)\C=C/C.C=CC.CC.CCC. The first kappa shape index (κ1) is 24.3. The average molecular weight is 224 g/mol. The molecule has 0 atom stereocenters. The predicted octanol–water partition coefficient (Wildman–Crippen LogP) is 6.33. The molecule has 0 rings (SSSR count). The molecule has 0 aromatic rings. The van der Waals surface area contributed by atoms with Gasteiger partial charge in [-0.15, -0.1) is 6.58 Å². The Kier molecular flexibility index (Phi) is 56.1. The van der Waals surface area contributed by atoms with Gasteiger partial charge in [0, 0.05) is 0 Å². The summed E-state index contributed by atoms with van der Waals surface area (Å²) in [4.78, 5) is 0. The number of rotatable bonds is 2. The Bertz CT molecular complexity index is 159. The molecular weight excluding hydrogens is 192 g/mol. The molecule has 0 fully saturated rings. The second kappa shape index (κ2) is 37.0. The fraction of sp³-hybridized carbons (Fsp3) is 0.500. The molecule has 0 nitrogen and oxygen atoms in total. The van der Waals surface area contributed by atoms with E-state index >= 15 is 0 Å². The summed E-state index contributed by atoms with van der Waals surface area (Å²) in [7, 11) is 0. The number of hydrogen-bond acceptors (Lipinski definition) is 0. The standard InChI is InChI=1S/C8H12.C3H8.C3H6.C2H6/c1-4-6-8(3)7-5-2;2*1-3-2;1-2/h4-7H,1H2,2-3H3;3H2,1-2H3;3H,1H2,2H3;1-2H3/b7-5-,8-6-;;;. The third-order valence-electron chi connectivity index (χ3n) is 0.810. The van der Waals surface area contributed by atoms with Gasteiger partial charge in [0.15, 0.2) is 0 Å². The second-order valence-corrected chi connectivity index (χ2v) is 2.76. The van der Waals surface area contributed by atoms with E-state index in [0.29, 0.717) is 0 Å². The third-order valence-corrected chi connectivity index (χ3v) is 0.810. The quantitative estimate of drug-likeness (QED) is 0.380. The lowest BCUT2D eigenvalue weighted by Crippen LogP contribution is -1.61. The van der Waals surface area contributed by atoms with Gasteiger partial charge in [-0.2, -0.15) is 0 Å². The van der Waals surface area contributed by atoms with Crippen LogP contribution in [0.25, 0.3) is 0 Å². The van der Waals surface area contributed by atoms with Crippen molar-refractivity contribution in [1.82, 2.24) is 0 Å². The van der Waals surface area contributed by atoms with Crippen molar-refractivity contribution in [3.8, 4) is 0 Å². The van der Waals surface area contributed by atoms with Crippen molar-refractivity contribution < 1.29 is 0 Å². The van der Waals surface area contributed by atoms with Crippen molar-refractivity contribution in [2.45, 2.75) is 54.9 Å². The minimum absolute atomic E-state index is 1.24. The first-order valence-electron chi connectivity index (χ1n) is 6.13. The molecule has 0 aliphatic carbocycles. The maximum Gasteiger partial charge on any atom is -0.0398 e. The normalized spacial score (nSPS) is 8.56. The fourth-order valence-corrected chi connectivity index (χ4v) is 0.504. The van der Waals surface area contributed by atoms with Crippen LogP contribution in [0.15, 0.2) is 49.1 Å². The van der Waals surface area contributed by atoms with Gasteiger partial charge in [-0.25, -0.2) is 0 Å². The molecule has 0 saturated heterocycles. The van der Waals surface area contributed by atoms with Crippen LogP contribution in [0.3, 0.4) is 0 Å². The maximum atomic E-state index is 3.57. The van der Waals surface area contributed by atoms with E-state index in [4.69, 9.17) is 0 Å². The number of allylic oxidation sites excluding steroid dienone is 6. The van der Waals surface area contributed by atoms with Crippen molar-refractivity contribution in [3.05, 3.63) is 49.1 Å². The number of hydrogen-bond donors (Lipinski definition) is 0. The Morgan fingerprint density at radius 3 is 1.56 bits per heavy atom. The predicted molar refractivity (Wildman–Crippen MR) is 82.0 cm³/mol. The molecule has 16 heavy (non-hydrogen) atoms. The minimum atomic E-state index is 1.24. The topological polar surface area (TPSA) is 0 Å². The van der Waals surface area contributed by atoms with E-state index in [1.807, 2.05) is 52.8 Å². The molecule has 0 heteroatoms. The van der Waals surface area contributed by atoms with Gasteiger partial charge in [-0.1, -0.05) is 76.6 Å². The Hall–Kier alpha value is -1.04. The molecule has 0 spiro atoms. The first-order chi connectivity index (χ1) is 7.64. The van der Waals surface area contributed by atoms with E-state index in [0.717, 1.165) is 0 Å². The molecular formula is C16H32. The van der Waals surface area contributed by atoms with Crippen LogP contribution in [0.5, 0.6) is 0 Å². The van der Waals surface area contributed by atoms with E-state index in [1.54, 1.807) is 12.2 Å². The highest BCUT2D eigenvalue weighted by Crippen LogP contribution is 1.92. The van der Waals surface area contributed by atoms with Crippen molar-refractivity contribution in [3.63, 3.8) is 0 Å². The summed E-state index contributed by atoms with van der Waals surface area (Å²) in [6.07, 6.45) is 10.8. The van der Waals surface area contributed by atoms with Gasteiger partial charge in [0.05, 0.1) is 0 Å². The molecule has 0 heterocycles. The molecule has 0 aliphatic rings. The largest absolute Gasteiger partial charge is 0.103 e. The summed E-state index contributed by atoms with van der Waals surface area (Å²) >= 11 is 0. The summed E-state index contributed by atoms with van der Waals surface area (Å²) in [6.45, 7) is 21.1. The maximum absolute atomic E-state index is 3.57. The third kappa shape index (κ3) is 75.4. The van der Waals surface area contributed by atoms with Crippen molar-refractivity contribution in [2.75, 3.05) is 0 Å². The summed E-state index contributed by atoms with van der Waals surface area (Å²) in [5, 5.41) is 0. The van der Waals surface area contributed by atoms with E-state index < -0.39 is 0 Å². The zero-order valence-corrected chi connectivity index (χ0v) is 12.5. The van der Waals surface area contributed by atoms with Gasteiger partial charge in [0.25, 0.3) is 0 Å². The highest BCUT2D eigenvalue weighted by molar-refractivity contribution is 5.19. The molecule has 96 valence electrons. The average Bonchev–Trinajstić information content (AvgIpc) is 2.24. The van der Waals surface area contributed by atoms with Crippen LogP contribution in [0.2, 0.25) is 0 Å². The van der Waals surface area contributed by atoms with Crippen LogP contribution < -0.4 is 0 Å². The van der Waals surface area contributed by atoms with Gasteiger partial charge < -0.3 is 0 Å². The van der Waals surface area contributed by atoms with Gasteiger partial charge in [0.2, 0.25) is 0 Å². The lowest BCUT2D eigenvalue weighted by Gasteiger charge is -1.82. The van der Waals surface area contributed by atoms with Crippen molar-refractivity contribution in [2.24, 2.45) is 0 Å². The lowest BCUT2D eigenvalue weighted by atomic mass is 10.2. The van der Waals surface area contributed by atoms with E-state index in [9.17, 15) is 0 Å². The van der Waals surface area contributed by atoms with Gasteiger partial charge >= 0.3 is 0 Å². The molecule has 0 bridgehead atoms. The molecule has 0 saturated carbocycles. The van der Waals surface area contributed by atoms with E-state index in [-0.39, 0.29) is 0 Å². The zero-order valence-electron chi connectivity index (χ0n) is 12.5.